The van der Waals surface area contributed by atoms with Gasteiger partial charge in [-0.05, 0) is 13.0 Å². The van der Waals surface area contributed by atoms with Crippen LogP contribution in [0.2, 0.25) is 0 Å². The summed E-state index contributed by atoms with van der Waals surface area (Å²) in [7, 11) is 4.92. The molecule has 0 aromatic rings. The molecule has 38 valence electrons. The highest BCUT2D eigenvalue weighted by Crippen LogP contribution is 1.67. The molecule has 2 nitrogen and oxygen atoms in total. The Morgan fingerprint density at radius 3 is 2.57 bits per heavy atom. The van der Waals surface area contributed by atoms with Crippen LogP contribution in [0.5, 0.6) is 0 Å². The predicted octanol–water partition coefficient (Wildman–Crippen LogP) is -0.868. The molecule has 0 fully saturated rings. The minimum Gasteiger partial charge on any atom is -0.444 e. The highest BCUT2D eigenvalue weighted by atomic mass is 16.2. The first kappa shape index (κ1) is 7.05. The molecule has 4 heteroatoms. The number of hydrogen-bond donors (Lipinski definition) is 2. The van der Waals surface area contributed by atoms with E-state index in [9.17, 15) is 0 Å². The lowest BCUT2D eigenvalue weighted by Gasteiger charge is -1.98. The van der Waals surface area contributed by atoms with Gasteiger partial charge in [-0.3, -0.25) is 0 Å². The van der Waals surface area contributed by atoms with Crippen molar-refractivity contribution < 1.29 is 5.02 Å². The van der Waals surface area contributed by atoms with Gasteiger partial charge < -0.3 is 10.3 Å². The molecule has 0 unspecified atom stereocenters. The Morgan fingerprint density at radius 1 is 1.86 bits per heavy atom. The van der Waals surface area contributed by atoms with Crippen molar-refractivity contribution in [2.24, 2.45) is 0 Å². The molecule has 2 N–H and O–H groups in total. The molecule has 0 rings (SSSR count). The van der Waals surface area contributed by atoms with Gasteiger partial charge in [0.15, 0.2) is 0 Å². The minimum atomic E-state index is -0.847. The van der Waals surface area contributed by atoms with Crippen molar-refractivity contribution in [1.29, 1.82) is 0 Å². The summed E-state index contributed by atoms with van der Waals surface area (Å²) in [5.41, 5.74) is 0. The zero-order valence-electron chi connectivity index (χ0n) is 4.52. The zero-order chi connectivity index (χ0) is 5.70. The van der Waals surface area contributed by atoms with Gasteiger partial charge in [-0.2, -0.15) is 0 Å². The average Bonchev–Trinajstić information content (AvgIpc) is 1.61. The Morgan fingerprint density at radius 2 is 2.43 bits per heavy atom. The molecule has 0 spiro atoms. The topological polar surface area (TPSA) is 32.3 Å². The summed E-state index contributed by atoms with van der Waals surface area (Å²) >= 11 is 0. The van der Waals surface area contributed by atoms with E-state index in [4.69, 9.17) is 12.8 Å². The van der Waals surface area contributed by atoms with Gasteiger partial charge in [0, 0.05) is 0 Å². The summed E-state index contributed by atoms with van der Waals surface area (Å²) in [6, 6.07) is 0. The van der Waals surface area contributed by atoms with Crippen molar-refractivity contribution in [2.75, 3.05) is 6.54 Å². The van der Waals surface area contributed by atoms with Crippen LogP contribution in [0.25, 0.3) is 0 Å². The molecule has 0 atom stereocenters. The van der Waals surface area contributed by atoms with Crippen LogP contribution in [0.15, 0.2) is 0 Å². The molecule has 0 aromatic carbocycles. The number of hydrogen-bond acceptors (Lipinski definition) is 2. The van der Waals surface area contributed by atoms with Gasteiger partial charge in [0.25, 0.3) is 0 Å². The van der Waals surface area contributed by atoms with Gasteiger partial charge in [-0.15, -0.1) is 0 Å². The molecule has 7 heavy (non-hydrogen) atoms. The first-order valence-electron chi connectivity index (χ1n) is 2.44. The summed E-state index contributed by atoms with van der Waals surface area (Å²) in [4.78, 5) is 0. The fraction of sp³-hybridized carbons (Fsp3) is 1.00. The molecule has 0 amide bonds. The second-order valence-electron chi connectivity index (χ2n) is 1.40. The van der Waals surface area contributed by atoms with E-state index in [-0.39, 0.29) is 0 Å². The number of nitrogens with one attached hydrogen (secondary N) is 1. The Labute approximate surface area is 45.8 Å². The van der Waals surface area contributed by atoms with Crippen molar-refractivity contribution in [1.82, 2.24) is 5.23 Å². The fourth-order valence-corrected chi connectivity index (χ4v) is 0.292. The Bertz CT molecular complexity index is 41.9. The van der Waals surface area contributed by atoms with Crippen molar-refractivity contribution in [2.45, 2.75) is 13.3 Å². The van der Waals surface area contributed by atoms with Gasteiger partial charge in [-0.25, -0.2) is 0 Å². The van der Waals surface area contributed by atoms with E-state index in [2.05, 4.69) is 5.23 Å². The molecule has 0 bridgehead atoms. The molecule has 2 radical (unpaired) electrons. The summed E-state index contributed by atoms with van der Waals surface area (Å²) in [5.74, 6) is 0. The average molecular weight is 96.7 g/mol. The molecular formula is C3H9B2NO. The Balaban J connectivity index is 2.68. The van der Waals surface area contributed by atoms with E-state index in [0.717, 1.165) is 13.0 Å². The van der Waals surface area contributed by atoms with Gasteiger partial charge in [0.05, 0.1) is 7.74 Å². The first-order chi connectivity index (χ1) is 3.27. The lowest BCUT2D eigenvalue weighted by molar-refractivity contribution is 0.569. The highest BCUT2D eigenvalue weighted by molar-refractivity contribution is 6.96. The van der Waals surface area contributed by atoms with Crippen LogP contribution in [-0.2, 0) is 0 Å². The molecule has 0 aliphatic heterocycles. The summed E-state index contributed by atoms with van der Waals surface area (Å²) in [6.07, 6.45) is 0.994. The number of rotatable bonds is 3. The quantitative estimate of drug-likeness (QED) is 0.448. The molecular weight excluding hydrogens is 87.7 g/mol. The minimum absolute atomic E-state index is 0.775. The predicted molar refractivity (Wildman–Crippen MR) is 32.0 cm³/mol. The van der Waals surface area contributed by atoms with Gasteiger partial charge >= 0.3 is 6.94 Å². The van der Waals surface area contributed by atoms with E-state index in [0.29, 0.717) is 0 Å². The van der Waals surface area contributed by atoms with E-state index >= 15 is 0 Å². The maximum absolute atomic E-state index is 8.35. The van der Waals surface area contributed by atoms with Crippen molar-refractivity contribution in [3.8, 4) is 0 Å². The van der Waals surface area contributed by atoms with Crippen LogP contribution in [-0.4, -0.2) is 26.2 Å². The molecule has 0 aliphatic rings. The fourth-order valence-electron chi connectivity index (χ4n) is 0.292. The smallest absolute Gasteiger partial charge is 0.311 e. The lowest BCUT2D eigenvalue weighted by Crippen LogP contribution is -2.34. The SMILES string of the molecule is [B]B(O)NCCC. The standard InChI is InChI=1S/C3H9B2NO/c1-2-3-6-5(4)7/h6-7H,2-3H2,1H3. The van der Waals surface area contributed by atoms with Crippen LogP contribution < -0.4 is 5.23 Å². The third-order valence-electron chi connectivity index (χ3n) is 0.603. The molecule has 0 saturated heterocycles. The summed E-state index contributed by atoms with van der Waals surface area (Å²) in [5, 5.41) is 11.0. The summed E-state index contributed by atoms with van der Waals surface area (Å²) in [6.45, 7) is 1.94. The lowest BCUT2D eigenvalue weighted by atomic mass is 9.59. The normalized spacial score (nSPS) is 8.86. The van der Waals surface area contributed by atoms with Crippen LogP contribution >= 0.6 is 0 Å². The van der Waals surface area contributed by atoms with Crippen LogP contribution in [0.4, 0.5) is 0 Å². The van der Waals surface area contributed by atoms with Gasteiger partial charge in [-0.1, -0.05) is 6.92 Å². The van der Waals surface area contributed by atoms with Crippen molar-refractivity contribution >= 4 is 14.7 Å². The van der Waals surface area contributed by atoms with Gasteiger partial charge in [0.2, 0.25) is 0 Å². The first-order valence-corrected chi connectivity index (χ1v) is 2.44. The highest BCUT2D eigenvalue weighted by Gasteiger charge is 1.94. The van der Waals surface area contributed by atoms with Crippen LogP contribution in [0.3, 0.4) is 0 Å². The zero-order valence-corrected chi connectivity index (χ0v) is 4.52. The maximum atomic E-state index is 8.35. The molecule has 0 heterocycles. The van der Waals surface area contributed by atoms with Crippen LogP contribution in [0, 0.1) is 0 Å². The third kappa shape index (κ3) is 6.05. The monoisotopic (exact) mass is 97.1 g/mol. The largest absolute Gasteiger partial charge is 0.444 e. The van der Waals surface area contributed by atoms with E-state index in [1.165, 1.54) is 0 Å². The van der Waals surface area contributed by atoms with Gasteiger partial charge in [0.1, 0.15) is 0 Å². The Hall–Kier alpha value is 0.0499. The molecule has 0 aromatic heterocycles. The van der Waals surface area contributed by atoms with Crippen molar-refractivity contribution in [3.63, 3.8) is 0 Å². The maximum Gasteiger partial charge on any atom is 0.311 e. The van der Waals surface area contributed by atoms with E-state index in [1.807, 2.05) is 6.92 Å². The summed E-state index contributed by atoms with van der Waals surface area (Å²) < 4.78 is 0. The second kappa shape index (κ2) is 4.22. The molecule has 0 aliphatic carbocycles. The van der Waals surface area contributed by atoms with E-state index in [1.54, 1.807) is 0 Å². The Kier molecular flexibility index (Phi) is 4.25. The second-order valence-corrected chi connectivity index (χ2v) is 1.40. The van der Waals surface area contributed by atoms with Crippen molar-refractivity contribution in [3.05, 3.63) is 0 Å². The van der Waals surface area contributed by atoms with Crippen LogP contribution in [0.1, 0.15) is 13.3 Å². The third-order valence-corrected chi connectivity index (χ3v) is 0.603. The van der Waals surface area contributed by atoms with E-state index < -0.39 is 6.94 Å². The molecule has 0 saturated carbocycles.